The molecule has 0 aromatic heterocycles. The standard InChI is InChI=1S/C14H22N2O2/c1-2-4-18-14-7-12(15)6-13(8-14)16-9-11-3-5-17-10-11/h6-8,11,16H,2-5,9-10,15H2,1H3. The summed E-state index contributed by atoms with van der Waals surface area (Å²) < 4.78 is 11.0. The molecule has 0 saturated carbocycles. The lowest BCUT2D eigenvalue weighted by Gasteiger charge is -2.13. The zero-order valence-electron chi connectivity index (χ0n) is 10.9. The lowest BCUT2D eigenvalue weighted by molar-refractivity contribution is 0.187. The van der Waals surface area contributed by atoms with E-state index in [1.165, 1.54) is 0 Å². The fourth-order valence-corrected chi connectivity index (χ4v) is 2.03. The van der Waals surface area contributed by atoms with Crippen LogP contribution in [-0.2, 0) is 4.74 Å². The van der Waals surface area contributed by atoms with Gasteiger partial charge in [-0.05, 0) is 18.9 Å². The SMILES string of the molecule is CCCOc1cc(N)cc(NCC2CCOC2)c1. The summed E-state index contributed by atoms with van der Waals surface area (Å²) in [6, 6.07) is 5.80. The van der Waals surface area contributed by atoms with Crippen molar-refractivity contribution in [2.75, 3.05) is 37.4 Å². The maximum Gasteiger partial charge on any atom is 0.123 e. The fourth-order valence-electron chi connectivity index (χ4n) is 2.03. The van der Waals surface area contributed by atoms with Crippen molar-refractivity contribution in [3.05, 3.63) is 18.2 Å². The van der Waals surface area contributed by atoms with Crippen LogP contribution in [0.25, 0.3) is 0 Å². The Labute approximate surface area is 108 Å². The van der Waals surface area contributed by atoms with Gasteiger partial charge in [0.25, 0.3) is 0 Å². The van der Waals surface area contributed by atoms with Crippen molar-refractivity contribution in [1.82, 2.24) is 0 Å². The largest absolute Gasteiger partial charge is 0.493 e. The fraction of sp³-hybridized carbons (Fsp3) is 0.571. The van der Waals surface area contributed by atoms with E-state index in [1.54, 1.807) is 0 Å². The minimum Gasteiger partial charge on any atom is -0.493 e. The van der Waals surface area contributed by atoms with Crippen LogP contribution in [0, 0.1) is 5.92 Å². The summed E-state index contributed by atoms with van der Waals surface area (Å²) in [5, 5.41) is 3.40. The monoisotopic (exact) mass is 250 g/mol. The van der Waals surface area contributed by atoms with Crippen LogP contribution in [0.15, 0.2) is 18.2 Å². The molecule has 1 aliphatic rings. The quantitative estimate of drug-likeness (QED) is 0.762. The number of hydrogen-bond donors (Lipinski definition) is 2. The number of nitrogen functional groups attached to an aromatic ring is 1. The first-order valence-electron chi connectivity index (χ1n) is 6.63. The molecule has 0 bridgehead atoms. The van der Waals surface area contributed by atoms with Crippen molar-refractivity contribution >= 4 is 11.4 Å². The number of ether oxygens (including phenoxy) is 2. The van der Waals surface area contributed by atoms with Gasteiger partial charge in [0.15, 0.2) is 0 Å². The second kappa shape index (κ2) is 6.50. The molecule has 4 nitrogen and oxygen atoms in total. The number of rotatable bonds is 6. The van der Waals surface area contributed by atoms with Crippen molar-refractivity contribution in [1.29, 1.82) is 0 Å². The molecule has 0 radical (unpaired) electrons. The first kappa shape index (κ1) is 13.0. The van der Waals surface area contributed by atoms with Crippen molar-refractivity contribution in [3.63, 3.8) is 0 Å². The molecular weight excluding hydrogens is 228 g/mol. The minimum atomic E-state index is 0.603. The summed E-state index contributed by atoms with van der Waals surface area (Å²) in [7, 11) is 0. The maximum atomic E-state index is 5.87. The molecule has 1 heterocycles. The van der Waals surface area contributed by atoms with E-state index in [0.717, 1.165) is 56.3 Å². The highest BCUT2D eigenvalue weighted by atomic mass is 16.5. The molecule has 3 N–H and O–H groups in total. The highest BCUT2D eigenvalue weighted by Gasteiger charge is 2.15. The van der Waals surface area contributed by atoms with Crippen molar-refractivity contribution < 1.29 is 9.47 Å². The van der Waals surface area contributed by atoms with Gasteiger partial charge in [-0.3, -0.25) is 0 Å². The Morgan fingerprint density at radius 2 is 2.33 bits per heavy atom. The third-order valence-corrected chi connectivity index (χ3v) is 3.02. The van der Waals surface area contributed by atoms with E-state index in [-0.39, 0.29) is 0 Å². The van der Waals surface area contributed by atoms with Crippen LogP contribution < -0.4 is 15.8 Å². The van der Waals surface area contributed by atoms with Gasteiger partial charge in [0.1, 0.15) is 5.75 Å². The molecule has 1 fully saturated rings. The van der Waals surface area contributed by atoms with Gasteiger partial charge in [0.2, 0.25) is 0 Å². The summed E-state index contributed by atoms with van der Waals surface area (Å²) in [6.45, 7) is 5.48. The Morgan fingerprint density at radius 3 is 3.06 bits per heavy atom. The molecule has 1 atom stereocenters. The number of benzene rings is 1. The molecule has 0 aliphatic carbocycles. The molecule has 4 heteroatoms. The van der Waals surface area contributed by atoms with E-state index in [4.69, 9.17) is 15.2 Å². The third kappa shape index (κ3) is 3.81. The van der Waals surface area contributed by atoms with Crippen LogP contribution in [0.2, 0.25) is 0 Å². The topological polar surface area (TPSA) is 56.5 Å². The van der Waals surface area contributed by atoms with Gasteiger partial charge in [-0.25, -0.2) is 0 Å². The summed E-state index contributed by atoms with van der Waals surface area (Å²) in [5.74, 6) is 1.44. The Hall–Kier alpha value is -1.42. The Kier molecular flexibility index (Phi) is 4.70. The summed E-state index contributed by atoms with van der Waals surface area (Å²) in [5.41, 5.74) is 7.62. The van der Waals surface area contributed by atoms with Crippen LogP contribution in [0.4, 0.5) is 11.4 Å². The first-order valence-corrected chi connectivity index (χ1v) is 6.63. The molecule has 0 amide bonds. The van der Waals surface area contributed by atoms with Gasteiger partial charge in [-0.1, -0.05) is 6.92 Å². The Morgan fingerprint density at radius 1 is 1.44 bits per heavy atom. The van der Waals surface area contributed by atoms with E-state index in [1.807, 2.05) is 18.2 Å². The van der Waals surface area contributed by atoms with E-state index in [9.17, 15) is 0 Å². The third-order valence-electron chi connectivity index (χ3n) is 3.02. The minimum absolute atomic E-state index is 0.603. The number of hydrogen-bond acceptors (Lipinski definition) is 4. The summed E-state index contributed by atoms with van der Waals surface area (Å²) >= 11 is 0. The first-order chi connectivity index (χ1) is 8.78. The molecule has 1 unspecified atom stereocenters. The molecular formula is C14H22N2O2. The predicted molar refractivity (Wildman–Crippen MR) is 74.1 cm³/mol. The zero-order chi connectivity index (χ0) is 12.8. The van der Waals surface area contributed by atoms with Crippen molar-refractivity contribution in [2.45, 2.75) is 19.8 Å². The van der Waals surface area contributed by atoms with Crippen LogP contribution in [0.5, 0.6) is 5.75 Å². The van der Waals surface area contributed by atoms with Gasteiger partial charge in [0.05, 0.1) is 13.2 Å². The average Bonchev–Trinajstić information content (AvgIpc) is 2.86. The Balaban J connectivity index is 1.91. The average molecular weight is 250 g/mol. The summed E-state index contributed by atoms with van der Waals surface area (Å²) in [6.07, 6.45) is 2.13. The van der Waals surface area contributed by atoms with Crippen LogP contribution >= 0.6 is 0 Å². The van der Waals surface area contributed by atoms with Crippen LogP contribution in [0.1, 0.15) is 19.8 Å². The predicted octanol–water partition coefficient (Wildman–Crippen LogP) is 2.51. The van der Waals surface area contributed by atoms with Crippen molar-refractivity contribution in [3.8, 4) is 5.75 Å². The van der Waals surface area contributed by atoms with E-state index in [0.29, 0.717) is 5.92 Å². The van der Waals surface area contributed by atoms with Crippen molar-refractivity contribution in [2.24, 2.45) is 5.92 Å². The molecule has 1 aromatic rings. The molecule has 100 valence electrons. The Bertz CT molecular complexity index is 376. The molecule has 2 rings (SSSR count). The van der Waals surface area contributed by atoms with Gasteiger partial charge in [-0.15, -0.1) is 0 Å². The molecule has 1 saturated heterocycles. The van der Waals surface area contributed by atoms with Gasteiger partial charge < -0.3 is 20.5 Å². The molecule has 18 heavy (non-hydrogen) atoms. The second-order valence-corrected chi connectivity index (χ2v) is 4.75. The lowest BCUT2D eigenvalue weighted by Crippen LogP contribution is -2.14. The van der Waals surface area contributed by atoms with E-state index >= 15 is 0 Å². The van der Waals surface area contributed by atoms with Gasteiger partial charge in [-0.2, -0.15) is 0 Å². The zero-order valence-corrected chi connectivity index (χ0v) is 10.9. The number of nitrogens with one attached hydrogen (secondary N) is 1. The molecule has 1 aromatic carbocycles. The smallest absolute Gasteiger partial charge is 0.123 e. The van der Waals surface area contributed by atoms with Crippen LogP contribution in [0.3, 0.4) is 0 Å². The highest BCUT2D eigenvalue weighted by Crippen LogP contribution is 2.23. The molecule has 1 aliphatic heterocycles. The number of anilines is 2. The highest BCUT2D eigenvalue weighted by molar-refractivity contribution is 5.59. The van der Waals surface area contributed by atoms with E-state index in [2.05, 4.69) is 12.2 Å². The van der Waals surface area contributed by atoms with Gasteiger partial charge in [0, 0.05) is 42.6 Å². The van der Waals surface area contributed by atoms with Gasteiger partial charge >= 0.3 is 0 Å². The normalized spacial score (nSPS) is 18.8. The second-order valence-electron chi connectivity index (χ2n) is 4.75. The van der Waals surface area contributed by atoms with E-state index < -0.39 is 0 Å². The maximum absolute atomic E-state index is 5.87. The molecule has 0 spiro atoms. The summed E-state index contributed by atoms with van der Waals surface area (Å²) in [4.78, 5) is 0. The number of nitrogens with two attached hydrogens (primary N) is 1. The van der Waals surface area contributed by atoms with Crippen LogP contribution in [-0.4, -0.2) is 26.4 Å². The lowest BCUT2D eigenvalue weighted by atomic mass is 10.1.